The molecule has 0 aromatic carbocycles. The van der Waals surface area contributed by atoms with Gasteiger partial charge in [0.15, 0.2) is 5.82 Å². The first-order valence-electron chi connectivity index (χ1n) is 6.13. The van der Waals surface area contributed by atoms with Crippen LogP contribution in [0, 0.1) is 13.8 Å². The van der Waals surface area contributed by atoms with Crippen LogP contribution in [0.2, 0.25) is 0 Å². The number of thiazole rings is 1. The number of nitrogens with one attached hydrogen (secondary N) is 1. The predicted molar refractivity (Wildman–Crippen MR) is 71.3 cm³/mol. The standard InChI is InChI=1S/C12H16N4O2S/c1-4-9-15-10(18-16-9)5-6-13-12(17)11-7(2)14-8(3)19-11/h4-6H2,1-3H3,(H,13,17). The number of carbonyl (C=O) groups excluding carboxylic acids is 1. The molecule has 102 valence electrons. The summed E-state index contributed by atoms with van der Waals surface area (Å²) in [4.78, 5) is 21.0. The molecule has 0 saturated heterocycles. The number of aromatic nitrogens is 3. The fourth-order valence-electron chi connectivity index (χ4n) is 1.64. The highest BCUT2D eigenvalue weighted by Gasteiger charge is 2.13. The van der Waals surface area contributed by atoms with Crippen LogP contribution in [0.1, 0.15) is 39.0 Å². The van der Waals surface area contributed by atoms with Crippen molar-refractivity contribution in [1.82, 2.24) is 20.4 Å². The van der Waals surface area contributed by atoms with Crippen molar-refractivity contribution in [3.63, 3.8) is 0 Å². The van der Waals surface area contributed by atoms with E-state index in [0.29, 0.717) is 29.6 Å². The summed E-state index contributed by atoms with van der Waals surface area (Å²) in [5.74, 6) is 1.14. The number of carbonyl (C=O) groups is 1. The lowest BCUT2D eigenvalue weighted by Gasteiger charge is -2.01. The van der Waals surface area contributed by atoms with Crippen LogP contribution in [0.4, 0.5) is 0 Å². The number of aryl methyl sites for hydroxylation is 3. The van der Waals surface area contributed by atoms with Gasteiger partial charge in [-0.15, -0.1) is 11.3 Å². The molecule has 0 atom stereocenters. The summed E-state index contributed by atoms with van der Waals surface area (Å²) in [7, 11) is 0. The minimum Gasteiger partial charge on any atom is -0.351 e. The summed E-state index contributed by atoms with van der Waals surface area (Å²) in [6, 6.07) is 0. The van der Waals surface area contributed by atoms with Crippen molar-refractivity contribution < 1.29 is 9.32 Å². The SMILES string of the molecule is CCc1noc(CCNC(=O)c2sc(C)nc2C)n1. The van der Waals surface area contributed by atoms with E-state index in [2.05, 4.69) is 20.4 Å². The topological polar surface area (TPSA) is 80.9 Å². The van der Waals surface area contributed by atoms with Crippen LogP contribution in [0.5, 0.6) is 0 Å². The number of amides is 1. The Hall–Kier alpha value is -1.76. The van der Waals surface area contributed by atoms with E-state index in [-0.39, 0.29) is 5.91 Å². The minimum atomic E-state index is -0.0988. The molecule has 2 rings (SSSR count). The maximum atomic E-state index is 11.9. The second-order valence-electron chi connectivity index (χ2n) is 4.11. The normalized spacial score (nSPS) is 10.7. The van der Waals surface area contributed by atoms with E-state index in [1.807, 2.05) is 20.8 Å². The molecule has 0 unspecified atom stereocenters. The molecular weight excluding hydrogens is 264 g/mol. The van der Waals surface area contributed by atoms with Gasteiger partial charge in [-0.2, -0.15) is 4.98 Å². The van der Waals surface area contributed by atoms with Crippen molar-refractivity contribution in [1.29, 1.82) is 0 Å². The van der Waals surface area contributed by atoms with Gasteiger partial charge in [0, 0.05) is 19.4 Å². The fourth-order valence-corrected chi connectivity index (χ4v) is 2.48. The van der Waals surface area contributed by atoms with Crippen LogP contribution < -0.4 is 5.32 Å². The molecule has 1 amide bonds. The molecule has 0 radical (unpaired) electrons. The van der Waals surface area contributed by atoms with E-state index >= 15 is 0 Å². The highest BCUT2D eigenvalue weighted by Crippen LogP contribution is 2.16. The van der Waals surface area contributed by atoms with Gasteiger partial charge in [-0.05, 0) is 13.8 Å². The quantitative estimate of drug-likeness (QED) is 0.901. The van der Waals surface area contributed by atoms with Gasteiger partial charge in [0.2, 0.25) is 5.89 Å². The molecule has 0 aliphatic heterocycles. The van der Waals surface area contributed by atoms with Crippen LogP contribution in [0.25, 0.3) is 0 Å². The summed E-state index contributed by atoms with van der Waals surface area (Å²) >= 11 is 1.40. The van der Waals surface area contributed by atoms with E-state index in [1.54, 1.807) is 0 Å². The first-order valence-corrected chi connectivity index (χ1v) is 6.95. The van der Waals surface area contributed by atoms with Crippen LogP contribution in [0.15, 0.2) is 4.52 Å². The molecule has 19 heavy (non-hydrogen) atoms. The first-order chi connectivity index (χ1) is 9.10. The van der Waals surface area contributed by atoms with Gasteiger partial charge in [0.25, 0.3) is 5.91 Å². The third-order valence-corrected chi connectivity index (χ3v) is 3.63. The summed E-state index contributed by atoms with van der Waals surface area (Å²) in [5, 5.41) is 7.53. The Morgan fingerprint density at radius 1 is 1.37 bits per heavy atom. The Morgan fingerprint density at radius 3 is 2.74 bits per heavy atom. The van der Waals surface area contributed by atoms with Crippen molar-refractivity contribution in [2.24, 2.45) is 0 Å². The van der Waals surface area contributed by atoms with Gasteiger partial charge in [0.05, 0.1) is 10.7 Å². The molecule has 0 aliphatic carbocycles. The Bertz CT molecular complexity index is 576. The average Bonchev–Trinajstić information content (AvgIpc) is 2.95. The summed E-state index contributed by atoms with van der Waals surface area (Å²) in [5.41, 5.74) is 0.769. The van der Waals surface area contributed by atoms with Crippen LogP contribution in [-0.4, -0.2) is 27.6 Å². The Labute approximate surface area is 115 Å². The second kappa shape index (κ2) is 5.92. The van der Waals surface area contributed by atoms with E-state index in [1.165, 1.54) is 11.3 Å². The molecule has 0 saturated carbocycles. The molecule has 6 nitrogen and oxygen atoms in total. The first kappa shape index (κ1) is 13.7. The summed E-state index contributed by atoms with van der Waals surface area (Å²) in [6.07, 6.45) is 1.28. The molecule has 0 bridgehead atoms. The zero-order chi connectivity index (χ0) is 13.8. The third-order valence-electron chi connectivity index (χ3n) is 2.56. The smallest absolute Gasteiger partial charge is 0.263 e. The lowest BCUT2D eigenvalue weighted by atomic mass is 10.3. The van der Waals surface area contributed by atoms with Gasteiger partial charge in [-0.25, -0.2) is 4.98 Å². The number of hydrogen-bond donors (Lipinski definition) is 1. The van der Waals surface area contributed by atoms with Gasteiger partial charge in [-0.1, -0.05) is 12.1 Å². The largest absolute Gasteiger partial charge is 0.351 e. The Balaban J connectivity index is 1.85. The molecule has 2 aromatic rings. The third kappa shape index (κ3) is 3.37. The molecule has 2 aromatic heterocycles. The van der Waals surface area contributed by atoms with Gasteiger partial charge in [-0.3, -0.25) is 4.79 Å². The molecular formula is C12H16N4O2S. The van der Waals surface area contributed by atoms with Gasteiger partial charge in [0.1, 0.15) is 4.88 Å². The maximum absolute atomic E-state index is 11.9. The van der Waals surface area contributed by atoms with Crippen molar-refractivity contribution >= 4 is 17.2 Å². The van der Waals surface area contributed by atoms with Crippen molar-refractivity contribution in [2.75, 3.05) is 6.54 Å². The number of nitrogens with zero attached hydrogens (tertiary/aromatic N) is 3. The maximum Gasteiger partial charge on any atom is 0.263 e. The van der Waals surface area contributed by atoms with E-state index < -0.39 is 0 Å². The van der Waals surface area contributed by atoms with Gasteiger partial charge < -0.3 is 9.84 Å². The average molecular weight is 280 g/mol. The zero-order valence-electron chi connectivity index (χ0n) is 11.2. The predicted octanol–water partition coefficient (Wildman–Crippen LogP) is 1.68. The molecule has 7 heteroatoms. The molecule has 0 aliphatic rings. The van der Waals surface area contributed by atoms with Crippen LogP contribution >= 0.6 is 11.3 Å². The summed E-state index contributed by atoms with van der Waals surface area (Å²) in [6.45, 7) is 6.16. The minimum absolute atomic E-state index is 0.0988. The second-order valence-corrected chi connectivity index (χ2v) is 5.31. The Morgan fingerprint density at radius 2 is 2.16 bits per heavy atom. The fraction of sp³-hybridized carbons (Fsp3) is 0.500. The molecule has 0 fully saturated rings. The molecule has 1 N–H and O–H groups in total. The lowest BCUT2D eigenvalue weighted by Crippen LogP contribution is -2.25. The van der Waals surface area contributed by atoms with Crippen molar-refractivity contribution in [3.05, 3.63) is 27.3 Å². The number of rotatable bonds is 5. The Kier molecular flexibility index (Phi) is 4.26. The van der Waals surface area contributed by atoms with Crippen LogP contribution in [-0.2, 0) is 12.8 Å². The van der Waals surface area contributed by atoms with Crippen LogP contribution in [0.3, 0.4) is 0 Å². The summed E-state index contributed by atoms with van der Waals surface area (Å²) < 4.78 is 5.05. The highest BCUT2D eigenvalue weighted by molar-refractivity contribution is 7.13. The highest BCUT2D eigenvalue weighted by atomic mass is 32.1. The zero-order valence-corrected chi connectivity index (χ0v) is 12.0. The lowest BCUT2D eigenvalue weighted by molar-refractivity contribution is 0.0956. The molecule has 2 heterocycles. The van der Waals surface area contributed by atoms with E-state index in [9.17, 15) is 4.79 Å². The number of hydrogen-bond acceptors (Lipinski definition) is 6. The van der Waals surface area contributed by atoms with E-state index in [0.717, 1.165) is 17.1 Å². The van der Waals surface area contributed by atoms with Crippen molar-refractivity contribution in [3.8, 4) is 0 Å². The monoisotopic (exact) mass is 280 g/mol. The van der Waals surface area contributed by atoms with Crippen molar-refractivity contribution in [2.45, 2.75) is 33.6 Å². The van der Waals surface area contributed by atoms with E-state index in [4.69, 9.17) is 4.52 Å². The molecule has 0 spiro atoms. The van der Waals surface area contributed by atoms with Gasteiger partial charge >= 0.3 is 0 Å².